The molecule has 0 atom stereocenters. The molecule has 5 nitrogen and oxygen atoms in total. The predicted octanol–water partition coefficient (Wildman–Crippen LogP) is 3.74. The van der Waals surface area contributed by atoms with E-state index in [1.54, 1.807) is 6.21 Å². The molecule has 0 saturated heterocycles. The van der Waals surface area contributed by atoms with E-state index in [9.17, 15) is 9.90 Å². The lowest BCUT2D eigenvalue weighted by Crippen LogP contribution is -2.17. The first-order chi connectivity index (χ1) is 12.7. The van der Waals surface area contributed by atoms with Gasteiger partial charge in [0.2, 0.25) is 0 Å². The Labute approximate surface area is 151 Å². The van der Waals surface area contributed by atoms with Crippen LogP contribution in [0.4, 0.5) is 0 Å². The molecule has 3 aromatic rings. The fourth-order valence-electron chi connectivity index (χ4n) is 2.31. The number of phenolic OH excluding ortho intramolecular Hbond substituents is 1. The molecule has 5 heteroatoms. The third-order valence-corrected chi connectivity index (χ3v) is 3.69. The average Bonchev–Trinajstić information content (AvgIpc) is 2.68. The van der Waals surface area contributed by atoms with Gasteiger partial charge in [-0.15, -0.1) is 0 Å². The van der Waals surface area contributed by atoms with Crippen LogP contribution < -0.4 is 10.2 Å². The van der Waals surface area contributed by atoms with Gasteiger partial charge >= 0.3 is 0 Å². The number of para-hydroxylation sites is 1. The quantitative estimate of drug-likeness (QED) is 0.528. The molecule has 0 unspecified atom stereocenters. The molecule has 0 aliphatic heterocycles. The van der Waals surface area contributed by atoms with Gasteiger partial charge in [-0.2, -0.15) is 5.10 Å². The molecule has 0 aromatic heterocycles. The van der Waals surface area contributed by atoms with Crippen molar-refractivity contribution in [3.05, 3.63) is 95.6 Å². The highest BCUT2D eigenvalue weighted by Crippen LogP contribution is 2.14. The molecule has 0 fully saturated rings. The molecule has 0 radical (unpaired) electrons. The van der Waals surface area contributed by atoms with Gasteiger partial charge < -0.3 is 9.84 Å². The molecule has 0 spiro atoms. The topological polar surface area (TPSA) is 70.9 Å². The highest BCUT2D eigenvalue weighted by molar-refractivity contribution is 5.95. The monoisotopic (exact) mass is 346 g/mol. The number of hydrogen-bond donors (Lipinski definition) is 2. The summed E-state index contributed by atoms with van der Waals surface area (Å²) in [4.78, 5) is 12.0. The van der Waals surface area contributed by atoms with Crippen LogP contribution in [0, 0.1) is 0 Å². The van der Waals surface area contributed by atoms with Crippen molar-refractivity contribution in [2.75, 3.05) is 0 Å². The first-order valence-corrected chi connectivity index (χ1v) is 8.10. The molecule has 3 aromatic carbocycles. The molecule has 0 aliphatic rings. The van der Waals surface area contributed by atoms with Crippen LogP contribution in [0.1, 0.15) is 21.5 Å². The number of ether oxygens (including phenoxy) is 1. The maximum Gasteiger partial charge on any atom is 0.271 e. The van der Waals surface area contributed by atoms with E-state index in [0.717, 1.165) is 16.9 Å². The lowest BCUT2D eigenvalue weighted by molar-refractivity contribution is 0.0955. The number of hydrogen-bond acceptors (Lipinski definition) is 4. The summed E-state index contributed by atoms with van der Waals surface area (Å²) in [6, 6.07) is 23.2. The van der Waals surface area contributed by atoms with E-state index in [-0.39, 0.29) is 11.7 Å². The molecule has 130 valence electrons. The van der Waals surface area contributed by atoms with E-state index in [0.29, 0.717) is 12.2 Å². The second-order valence-corrected chi connectivity index (χ2v) is 5.55. The minimum absolute atomic E-state index is 0.109. The second-order valence-electron chi connectivity index (χ2n) is 5.55. The molecular formula is C21H18N2O3. The first kappa shape index (κ1) is 17.2. The molecule has 0 bridgehead atoms. The first-order valence-electron chi connectivity index (χ1n) is 8.10. The van der Waals surface area contributed by atoms with E-state index >= 15 is 0 Å². The van der Waals surface area contributed by atoms with Crippen molar-refractivity contribution in [1.29, 1.82) is 0 Å². The van der Waals surface area contributed by atoms with Crippen LogP contribution in [0.15, 0.2) is 84.0 Å². The van der Waals surface area contributed by atoms with Crippen LogP contribution in [0.25, 0.3) is 0 Å². The van der Waals surface area contributed by atoms with Gasteiger partial charge in [0.05, 0.1) is 6.21 Å². The molecule has 0 saturated carbocycles. The Morgan fingerprint density at radius 2 is 1.65 bits per heavy atom. The number of aromatic hydroxyl groups is 1. The Hall–Kier alpha value is -3.60. The predicted molar refractivity (Wildman–Crippen MR) is 100 cm³/mol. The number of benzene rings is 3. The summed E-state index contributed by atoms with van der Waals surface area (Å²) >= 11 is 0. The summed E-state index contributed by atoms with van der Waals surface area (Å²) in [5.41, 5.74) is 4.71. The van der Waals surface area contributed by atoms with Crippen LogP contribution >= 0.6 is 0 Å². The van der Waals surface area contributed by atoms with E-state index < -0.39 is 0 Å². The molecule has 26 heavy (non-hydrogen) atoms. The van der Waals surface area contributed by atoms with Gasteiger partial charge in [0.1, 0.15) is 18.1 Å². The maximum absolute atomic E-state index is 12.0. The van der Waals surface area contributed by atoms with Crippen molar-refractivity contribution in [1.82, 2.24) is 5.43 Å². The fourth-order valence-corrected chi connectivity index (χ4v) is 2.31. The highest BCUT2D eigenvalue weighted by atomic mass is 16.5. The van der Waals surface area contributed by atoms with E-state index in [4.69, 9.17) is 4.74 Å². The average molecular weight is 346 g/mol. The fraction of sp³-hybridized carbons (Fsp3) is 0.0476. The molecule has 1 amide bonds. The summed E-state index contributed by atoms with van der Waals surface area (Å²) in [5, 5.41) is 13.3. The van der Waals surface area contributed by atoms with E-state index in [1.807, 2.05) is 54.6 Å². The summed E-state index contributed by atoms with van der Waals surface area (Å²) in [7, 11) is 0. The molecule has 2 N–H and O–H groups in total. The highest BCUT2D eigenvalue weighted by Gasteiger charge is 2.04. The zero-order valence-corrected chi connectivity index (χ0v) is 14.0. The Morgan fingerprint density at radius 3 is 2.42 bits per heavy atom. The number of carbonyl (C=O) groups excluding carboxylic acids is 1. The smallest absolute Gasteiger partial charge is 0.271 e. The van der Waals surface area contributed by atoms with Crippen molar-refractivity contribution in [2.45, 2.75) is 6.61 Å². The second kappa shape index (κ2) is 8.48. The Bertz CT molecular complexity index is 891. The lowest BCUT2D eigenvalue weighted by atomic mass is 10.1. The molecular weight excluding hydrogens is 328 g/mol. The normalized spacial score (nSPS) is 10.6. The molecule has 3 rings (SSSR count). The van der Waals surface area contributed by atoms with Crippen molar-refractivity contribution < 1.29 is 14.6 Å². The van der Waals surface area contributed by atoms with Crippen LogP contribution in [-0.2, 0) is 6.61 Å². The summed E-state index contributed by atoms with van der Waals surface area (Å²) in [5.74, 6) is 0.552. The van der Waals surface area contributed by atoms with Crippen molar-refractivity contribution in [3.63, 3.8) is 0 Å². The van der Waals surface area contributed by atoms with Gasteiger partial charge in [-0.05, 0) is 42.0 Å². The van der Waals surface area contributed by atoms with Gasteiger partial charge in [-0.25, -0.2) is 5.43 Å². The van der Waals surface area contributed by atoms with E-state index in [1.165, 1.54) is 24.3 Å². The van der Waals surface area contributed by atoms with Crippen LogP contribution in [0.3, 0.4) is 0 Å². The van der Waals surface area contributed by atoms with E-state index in [2.05, 4.69) is 10.5 Å². The zero-order valence-electron chi connectivity index (χ0n) is 14.0. The summed E-state index contributed by atoms with van der Waals surface area (Å²) in [6.07, 6.45) is 1.59. The minimum atomic E-state index is -0.348. The summed E-state index contributed by atoms with van der Waals surface area (Å²) < 4.78 is 5.77. The largest absolute Gasteiger partial charge is 0.508 e. The number of carbonyl (C=O) groups is 1. The van der Waals surface area contributed by atoms with Crippen molar-refractivity contribution in [3.8, 4) is 11.5 Å². The number of rotatable bonds is 6. The third-order valence-electron chi connectivity index (χ3n) is 3.69. The Morgan fingerprint density at radius 1 is 0.962 bits per heavy atom. The number of hydrazone groups is 1. The number of amides is 1. The summed E-state index contributed by atoms with van der Waals surface area (Å²) in [6.45, 7) is 0.401. The van der Waals surface area contributed by atoms with Crippen molar-refractivity contribution >= 4 is 12.1 Å². The Kier molecular flexibility index (Phi) is 5.62. The lowest BCUT2D eigenvalue weighted by Gasteiger charge is -2.08. The zero-order chi connectivity index (χ0) is 18.2. The number of phenols is 1. The Balaban J connectivity index is 1.63. The van der Waals surface area contributed by atoms with Crippen LogP contribution in [0.2, 0.25) is 0 Å². The van der Waals surface area contributed by atoms with Gasteiger partial charge in [0.25, 0.3) is 5.91 Å². The SMILES string of the molecule is O=C(N/N=C\c1ccccc1COc1ccccc1)c1ccc(O)cc1. The van der Waals surface area contributed by atoms with Gasteiger partial charge in [0.15, 0.2) is 0 Å². The number of nitrogens with one attached hydrogen (secondary N) is 1. The molecule has 0 heterocycles. The van der Waals surface area contributed by atoms with Crippen LogP contribution in [0.5, 0.6) is 11.5 Å². The molecule has 0 aliphatic carbocycles. The number of nitrogens with zero attached hydrogens (tertiary/aromatic N) is 1. The van der Waals surface area contributed by atoms with Gasteiger partial charge in [-0.1, -0.05) is 42.5 Å². The third kappa shape index (κ3) is 4.70. The standard InChI is InChI=1S/C21H18N2O3/c24-19-12-10-16(11-13-19)21(25)23-22-14-17-6-4-5-7-18(17)15-26-20-8-2-1-3-9-20/h1-14,24H,15H2,(H,23,25)/b22-14-. The van der Waals surface area contributed by atoms with Gasteiger partial charge in [0, 0.05) is 11.1 Å². The van der Waals surface area contributed by atoms with Gasteiger partial charge in [-0.3, -0.25) is 4.79 Å². The van der Waals surface area contributed by atoms with Crippen LogP contribution in [-0.4, -0.2) is 17.2 Å². The maximum atomic E-state index is 12.0. The van der Waals surface area contributed by atoms with Crippen molar-refractivity contribution in [2.24, 2.45) is 5.10 Å². The minimum Gasteiger partial charge on any atom is -0.508 e.